The first-order chi connectivity index (χ1) is 6.16. The zero-order valence-corrected chi connectivity index (χ0v) is 7.24. The zero-order chi connectivity index (χ0) is 10.1. The molecule has 0 amide bonds. The average molecular weight is 178 g/mol. The van der Waals surface area contributed by atoms with E-state index >= 15 is 0 Å². The van der Waals surface area contributed by atoms with E-state index in [1.807, 2.05) is 0 Å². The Balaban J connectivity index is 3.97. The lowest BCUT2D eigenvalue weighted by Gasteiger charge is -1.91. The van der Waals surface area contributed by atoms with E-state index in [-0.39, 0.29) is 0 Å². The van der Waals surface area contributed by atoms with Crippen molar-refractivity contribution in [1.82, 2.24) is 0 Å². The van der Waals surface area contributed by atoms with Crippen LogP contribution in [-0.4, -0.2) is 22.3 Å². The fourth-order valence-corrected chi connectivity index (χ4v) is 0.412. The molecule has 1 atom stereocenters. The van der Waals surface area contributed by atoms with Crippen LogP contribution in [0.25, 0.3) is 0 Å². The average Bonchev–Trinajstić information content (AvgIpc) is 2.10. The molecule has 0 bridgehead atoms. The van der Waals surface area contributed by atoms with Crippen molar-refractivity contribution in [3.05, 3.63) is 12.2 Å². The first-order valence-electron chi connectivity index (χ1n) is 3.75. The van der Waals surface area contributed by atoms with Gasteiger partial charge in [-0.3, -0.25) is 0 Å². The second kappa shape index (κ2) is 6.97. The van der Waals surface area contributed by atoms with Crippen LogP contribution in [0.4, 0.5) is 0 Å². The Morgan fingerprint density at radius 3 is 2.77 bits per heavy atom. The van der Waals surface area contributed by atoms with E-state index in [1.165, 1.54) is 6.08 Å². The number of carboxylic acid groups (broad SMARTS) is 1. The van der Waals surface area contributed by atoms with Crippen LogP contribution >= 0.6 is 0 Å². The van der Waals surface area contributed by atoms with Crippen molar-refractivity contribution in [2.24, 2.45) is 0 Å². The second-order valence-electron chi connectivity index (χ2n) is 2.13. The van der Waals surface area contributed by atoms with Gasteiger partial charge in [-0.15, -0.1) is 0 Å². The molecule has 0 unspecified atom stereocenters. The Morgan fingerprint density at radius 1 is 1.54 bits per heavy atom. The largest absolute Gasteiger partial charge is 0.478 e. The minimum Gasteiger partial charge on any atom is -0.478 e. The highest BCUT2D eigenvalue weighted by Crippen LogP contribution is 1.83. The molecule has 0 spiro atoms. The molecule has 0 fully saturated rings. The number of allylic oxidation sites excluding steroid dienone is 1. The molecule has 0 aromatic carbocycles. The molecule has 0 heterocycles. The van der Waals surface area contributed by atoms with Crippen molar-refractivity contribution in [2.75, 3.05) is 0 Å². The van der Waals surface area contributed by atoms with Crippen molar-refractivity contribution in [1.29, 1.82) is 0 Å². The van der Waals surface area contributed by atoms with Crippen molar-refractivity contribution in [2.45, 2.75) is 19.4 Å². The van der Waals surface area contributed by atoms with Crippen molar-refractivity contribution >= 4 is 5.97 Å². The van der Waals surface area contributed by atoms with Gasteiger partial charge < -0.3 is 10.2 Å². The highest BCUT2D eigenvalue weighted by atomic mass is 16.4. The summed E-state index contributed by atoms with van der Waals surface area (Å²) in [7, 11) is 0. The van der Waals surface area contributed by atoms with Crippen molar-refractivity contribution in [3.8, 4) is 23.7 Å². The normalized spacial score (nSPS) is 10.9. The lowest BCUT2D eigenvalue weighted by Crippen LogP contribution is -1.98. The number of aliphatic hydroxyl groups is 1. The summed E-state index contributed by atoms with van der Waals surface area (Å²) in [4.78, 5) is 9.96. The predicted molar refractivity (Wildman–Crippen MR) is 48.6 cm³/mol. The van der Waals surface area contributed by atoms with E-state index in [9.17, 15) is 4.79 Å². The van der Waals surface area contributed by atoms with Crippen LogP contribution in [-0.2, 0) is 4.79 Å². The third kappa shape index (κ3) is 8.19. The molecule has 68 valence electrons. The van der Waals surface area contributed by atoms with E-state index in [2.05, 4.69) is 23.7 Å². The van der Waals surface area contributed by atoms with Gasteiger partial charge in [-0.2, -0.15) is 0 Å². The van der Waals surface area contributed by atoms with Gasteiger partial charge in [0, 0.05) is 6.08 Å². The summed E-state index contributed by atoms with van der Waals surface area (Å²) in [6.45, 7) is 1.80. The first-order valence-corrected chi connectivity index (χ1v) is 3.75. The smallest absolute Gasteiger partial charge is 0.328 e. The van der Waals surface area contributed by atoms with Gasteiger partial charge in [-0.05, 0) is 24.3 Å². The van der Waals surface area contributed by atoms with Crippen LogP contribution in [0, 0.1) is 23.7 Å². The van der Waals surface area contributed by atoms with Crippen LogP contribution in [0.3, 0.4) is 0 Å². The summed E-state index contributed by atoms with van der Waals surface area (Å²) in [6.07, 6.45) is 2.01. The van der Waals surface area contributed by atoms with Crippen LogP contribution in [0.2, 0.25) is 0 Å². The summed E-state index contributed by atoms with van der Waals surface area (Å²) in [5.74, 6) is 8.61. The topological polar surface area (TPSA) is 57.5 Å². The number of rotatable bonds is 2. The number of aliphatic hydroxyl groups excluding tert-OH is 1. The minimum absolute atomic E-state index is 0.555. The van der Waals surface area contributed by atoms with E-state index in [1.54, 1.807) is 6.92 Å². The molecular formula is C10H10O3. The van der Waals surface area contributed by atoms with Crippen molar-refractivity contribution < 1.29 is 15.0 Å². The number of hydrogen-bond acceptors (Lipinski definition) is 2. The van der Waals surface area contributed by atoms with E-state index in [0.717, 1.165) is 6.08 Å². The van der Waals surface area contributed by atoms with Gasteiger partial charge in [0.2, 0.25) is 0 Å². The predicted octanol–water partition coefficient (Wildman–Crippen LogP) is 0.405. The fourth-order valence-electron chi connectivity index (χ4n) is 0.412. The van der Waals surface area contributed by atoms with Crippen molar-refractivity contribution in [3.63, 3.8) is 0 Å². The molecule has 3 heteroatoms. The molecule has 0 saturated heterocycles. The quantitative estimate of drug-likeness (QED) is 0.475. The maximum absolute atomic E-state index is 9.96. The molecule has 0 aromatic heterocycles. The molecule has 0 aliphatic rings. The van der Waals surface area contributed by atoms with Gasteiger partial charge in [0.05, 0.1) is 0 Å². The van der Waals surface area contributed by atoms with Gasteiger partial charge in [0.1, 0.15) is 6.10 Å². The molecule has 0 aliphatic heterocycles. The van der Waals surface area contributed by atoms with E-state index in [4.69, 9.17) is 10.2 Å². The van der Waals surface area contributed by atoms with Crippen LogP contribution in [0.1, 0.15) is 13.3 Å². The van der Waals surface area contributed by atoms with Gasteiger partial charge >= 0.3 is 5.97 Å². The third-order valence-electron chi connectivity index (χ3n) is 1.07. The molecule has 0 aromatic rings. The van der Waals surface area contributed by atoms with Crippen LogP contribution in [0.15, 0.2) is 12.2 Å². The maximum Gasteiger partial charge on any atom is 0.328 e. The summed E-state index contributed by atoms with van der Waals surface area (Å²) in [6, 6.07) is 0. The van der Waals surface area contributed by atoms with Crippen LogP contribution in [0.5, 0.6) is 0 Å². The lowest BCUT2D eigenvalue weighted by molar-refractivity contribution is -0.131. The monoisotopic (exact) mass is 178 g/mol. The number of aliphatic carboxylic acids is 1. The summed E-state index contributed by atoms with van der Waals surface area (Å²) in [5, 5.41) is 17.1. The third-order valence-corrected chi connectivity index (χ3v) is 1.07. The Labute approximate surface area is 77.1 Å². The standard InChI is InChI=1S/C10H10O3/c1-2-9(11)7-5-3-4-6-8-10(12)13/h6,8-9,11H,2H2,1H3,(H,12,13)/b8-6-/t9-/m0/s1. The second-order valence-corrected chi connectivity index (χ2v) is 2.13. The van der Waals surface area contributed by atoms with Crippen LogP contribution < -0.4 is 0 Å². The molecule has 0 rings (SSSR count). The molecule has 0 radical (unpaired) electrons. The van der Waals surface area contributed by atoms with E-state index in [0.29, 0.717) is 6.42 Å². The zero-order valence-electron chi connectivity index (χ0n) is 7.24. The molecule has 0 saturated carbocycles. The lowest BCUT2D eigenvalue weighted by atomic mass is 10.3. The Bertz CT molecular complexity index is 307. The Hall–Kier alpha value is -1.71. The SMILES string of the molecule is CC[C@H](O)C#CC#C/C=C\C(=O)O. The molecular weight excluding hydrogens is 168 g/mol. The van der Waals surface area contributed by atoms with Gasteiger partial charge in [0.15, 0.2) is 0 Å². The number of hydrogen-bond donors (Lipinski definition) is 2. The van der Waals surface area contributed by atoms with Gasteiger partial charge in [-0.1, -0.05) is 18.8 Å². The highest BCUT2D eigenvalue weighted by molar-refractivity contribution is 5.80. The number of carboxylic acids is 1. The van der Waals surface area contributed by atoms with E-state index < -0.39 is 12.1 Å². The summed E-state index contributed by atoms with van der Waals surface area (Å²) < 4.78 is 0. The molecule has 3 nitrogen and oxygen atoms in total. The summed E-state index contributed by atoms with van der Waals surface area (Å²) in [5.41, 5.74) is 0. The molecule has 2 N–H and O–H groups in total. The molecule has 0 aliphatic carbocycles. The minimum atomic E-state index is -1.05. The summed E-state index contributed by atoms with van der Waals surface area (Å²) >= 11 is 0. The highest BCUT2D eigenvalue weighted by Gasteiger charge is 1.88. The number of carbonyl (C=O) groups is 1. The first kappa shape index (κ1) is 11.3. The maximum atomic E-state index is 9.96. The van der Waals surface area contributed by atoms with Gasteiger partial charge in [-0.25, -0.2) is 4.79 Å². The molecule has 13 heavy (non-hydrogen) atoms. The Kier molecular flexibility index (Phi) is 6.05. The fraction of sp³-hybridized carbons (Fsp3) is 0.300. The van der Waals surface area contributed by atoms with Gasteiger partial charge in [0.25, 0.3) is 0 Å². The Morgan fingerprint density at radius 2 is 2.23 bits per heavy atom.